The van der Waals surface area contributed by atoms with Crippen molar-refractivity contribution in [1.82, 2.24) is 0 Å². The predicted molar refractivity (Wildman–Crippen MR) is 62.0 cm³/mol. The highest BCUT2D eigenvalue weighted by atomic mass is 14.2. The van der Waals surface area contributed by atoms with E-state index in [2.05, 4.69) is 49.4 Å². The molecular weight excluding hydrogens is 168 g/mol. The van der Waals surface area contributed by atoms with Crippen LogP contribution in [0.5, 0.6) is 0 Å². The number of allylic oxidation sites excluding steroid dienone is 1. The molecule has 2 rings (SSSR count). The van der Waals surface area contributed by atoms with Crippen molar-refractivity contribution in [3.05, 3.63) is 42.0 Å². The minimum atomic E-state index is 0.815. The molecule has 0 unspecified atom stereocenters. The van der Waals surface area contributed by atoms with Gasteiger partial charge in [0.15, 0.2) is 0 Å². The minimum Gasteiger partial charge on any atom is -0.0806 e. The molecule has 1 aliphatic rings. The molecule has 0 spiro atoms. The van der Waals surface area contributed by atoms with Crippen molar-refractivity contribution in [3.63, 3.8) is 0 Å². The Balaban J connectivity index is 2.00. The number of hydrogen-bond acceptors (Lipinski definition) is 0. The smallest absolute Gasteiger partial charge is 0.0204 e. The van der Waals surface area contributed by atoms with E-state index in [9.17, 15) is 0 Å². The highest BCUT2D eigenvalue weighted by Crippen LogP contribution is 2.32. The third-order valence-corrected chi connectivity index (χ3v) is 3.26. The van der Waals surface area contributed by atoms with Crippen LogP contribution in [0.25, 0.3) is 6.08 Å². The molecule has 1 aromatic carbocycles. The van der Waals surface area contributed by atoms with Gasteiger partial charge in [0.1, 0.15) is 0 Å². The Bertz CT molecular complexity index is 297. The topological polar surface area (TPSA) is 0 Å². The molecule has 0 saturated heterocycles. The van der Waals surface area contributed by atoms with Crippen LogP contribution in [0.1, 0.15) is 31.7 Å². The third kappa shape index (κ3) is 2.25. The summed E-state index contributed by atoms with van der Waals surface area (Å²) in [6.07, 6.45) is 8.86. The normalized spacial score (nSPS) is 27.2. The first-order valence-corrected chi connectivity index (χ1v) is 5.59. The third-order valence-electron chi connectivity index (χ3n) is 3.26. The molecule has 0 heteroatoms. The molecule has 1 fully saturated rings. The first-order chi connectivity index (χ1) is 6.86. The lowest BCUT2D eigenvalue weighted by atomic mass is 9.97. The highest BCUT2D eigenvalue weighted by molar-refractivity contribution is 5.49. The number of benzene rings is 1. The van der Waals surface area contributed by atoms with Crippen LogP contribution in [0.2, 0.25) is 0 Å². The van der Waals surface area contributed by atoms with Crippen molar-refractivity contribution in [3.8, 4) is 0 Å². The SMILES string of the molecule is C[C@H]1CCC[C@H]1/C=C/c1ccccc1. The van der Waals surface area contributed by atoms with Crippen LogP contribution >= 0.6 is 0 Å². The van der Waals surface area contributed by atoms with E-state index in [4.69, 9.17) is 0 Å². The van der Waals surface area contributed by atoms with Gasteiger partial charge >= 0.3 is 0 Å². The Morgan fingerprint density at radius 1 is 1.14 bits per heavy atom. The van der Waals surface area contributed by atoms with Gasteiger partial charge in [-0.25, -0.2) is 0 Å². The Hall–Kier alpha value is -1.04. The van der Waals surface area contributed by atoms with E-state index < -0.39 is 0 Å². The Morgan fingerprint density at radius 3 is 2.57 bits per heavy atom. The molecule has 0 heterocycles. The lowest BCUT2D eigenvalue weighted by molar-refractivity contribution is 0.505. The summed E-state index contributed by atoms with van der Waals surface area (Å²) in [7, 11) is 0. The van der Waals surface area contributed by atoms with Crippen LogP contribution in [0, 0.1) is 11.8 Å². The van der Waals surface area contributed by atoms with Gasteiger partial charge < -0.3 is 0 Å². The zero-order valence-corrected chi connectivity index (χ0v) is 8.82. The number of hydrogen-bond donors (Lipinski definition) is 0. The van der Waals surface area contributed by atoms with E-state index in [1.54, 1.807) is 0 Å². The Kier molecular flexibility index (Phi) is 3.03. The van der Waals surface area contributed by atoms with E-state index in [0.717, 1.165) is 11.8 Å². The summed E-state index contributed by atoms with van der Waals surface area (Å²) in [5, 5.41) is 0. The van der Waals surface area contributed by atoms with Gasteiger partial charge in [0.05, 0.1) is 0 Å². The summed E-state index contributed by atoms with van der Waals surface area (Å²) in [6.45, 7) is 2.37. The van der Waals surface area contributed by atoms with Gasteiger partial charge in [-0.15, -0.1) is 0 Å². The second kappa shape index (κ2) is 4.45. The summed E-state index contributed by atoms with van der Waals surface area (Å²) in [4.78, 5) is 0. The monoisotopic (exact) mass is 186 g/mol. The fourth-order valence-electron chi connectivity index (χ4n) is 2.26. The van der Waals surface area contributed by atoms with Gasteiger partial charge in [0.25, 0.3) is 0 Å². The molecule has 1 saturated carbocycles. The van der Waals surface area contributed by atoms with Gasteiger partial charge in [0, 0.05) is 0 Å². The van der Waals surface area contributed by atoms with Crippen LogP contribution in [0.3, 0.4) is 0 Å². The van der Waals surface area contributed by atoms with Crippen LogP contribution < -0.4 is 0 Å². The zero-order chi connectivity index (χ0) is 9.80. The molecule has 0 radical (unpaired) electrons. The van der Waals surface area contributed by atoms with E-state index in [1.165, 1.54) is 24.8 Å². The zero-order valence-electron chi connectivity index (χ0n) is 8.82. The van der Waals surface area contributed by atoms with Crippen molar-refractivity contribution < 1.29 is 0 Å². The van der Waals surface area contributed by atoms with Crippen molar-refractivity contribution in [2.75, 3.05) is 0 Å². The fourth-order valence-corrected chi connectivity index (χ4v) is 2.26. The Labute approximate surface area is 86.7 Å². The first kappa shape index (κ1) is 9.51. The molecule has 74 valence electrons. The second-order valence-electron chi connectivity index (χ2n) is 4.34. The van der Waals surface area contributed by atoms with E-state index in [-0.39, 0.29) is 0 Å². The van der Waals surface area contributed by atoms with E-state index in [0.29, 0.717) is 0 Å². The van der Waals surface area contributed by atoms with Gasteiger partial charge in [-0.1, -0.05) is 62.2 Å². The molecule has 0 aliphatic heterocycles. The average Bonchev–Trinajstić information content (AvgIpc) is 2.63. The molecule has 2 atom stereocenters. The van der Waals surface area contributed by atoms with Crippen LogP contribution in [0.4, 0.5) is 0 Å². The molecule has 0 bridgehead atoms. The van der Waals surface area contributed by atoms with Gasteiger partial charge in [-0.05, 0) is 23.8 Å². The van der Waals surface area contributed by atoms with Crippen molar-refractivity contribution in [1.29, 1.82) is 0 Å². The van der Waals surface area contributed by atoms with Crippen LogP contribution in [-0.2, 0) is 0 Å². The average molecular weight is 186 g/mol. The first-order valence-electron chi connectivity index (χ1n) is 5.59. The largest absolute Gasteiger partial charge is 0.0806 e. The lowest BCUT2D eigenvalue weighted by Gasteiger charge is -2.08. The molecule has 1 aliphatic carbocycles. The predicted octanol–water partition coefficient (Wildman–Crippen LogP) is 4.14. The van der Waals surface area contributed by atoms with Crippen LogP contribution in [0.15, 0.2) is 36.4 Å². The van der Waals surface area contributed by atoms with Crippen molar-refractivity contribution in [2.45, 2.75) is 26.2 Å². The quantitative estimate of drug-likeness (QED) is 0.651. The molecule has 0 N–H and O–H groups in total. The Morgan fingerprint density at radius 2 is 1.93 bits per heavy atom. The molecule has 0 amide bonds. The fraction of sp³-hybridized carbons (Fsp3) is 0.429. The summed E-state index contributed by atoms with van der Waals surface area (Å²) in [5.74, 6) is 1.70. The maximum absolute atomic E-state index is 2.40. The molecular formula is C14H18. The highest BCUT2D eigenvalue weighted by Gasteiger charge is 2.20. The van der Waals surface area contributed by atoms with Crippen LogP contribution in [-0.4, -0.2) is 0 Å². The second-order valence-corrected chi connectivity index (χ2v) is 4.34. The van der Waals surface area contributed by atoms with Gasteiger partial charge in [-0.2, -0.15) is 0 Å². The molecule has 14 heavy (non-hydrogen) atoms. The maximum atomic E-state index is 2.40. The number of rotatable bonds is 2. The van der Waals surface area contributed by atoms with Crippen molar-refractivity contribution >= 4 is 6.08 Å². The summed E-state index contributed by atoms with van der Waals surface area (Å²) in [6, 6.07) is 10.6. The molecule has 0 aromatic heterocycles. The maximum Gasteiger partial charge on any atom is -0.0204 e. The van der Waals surface area contributed by atoms with E-state index >= 15 is 0 Å². The summed E-state index contributed by atoms with van der Waals surface area (Å²) < 4.78 is 0. The standard InChI is InChI=1S/C14H18/c1-12-6-5-9-14(12)11-10-13-7-3-2-4-8-13/h2-4,7-8,10-12,14H,5-6,9H2,1H3/b11-10+/t12-,14-/m0/s1. The van der Waals surface area contributed by atoms with Gasteiger partial charge in [-0.3, -0.25) is 0 Å². The minimum absolute atomic E-state index is 0.815. The van der Waals surface area contributed by atoms with E-state index in [1.807, 2.05) is 0 Å². The lowest BCUT2D eigenvalue weighted by Crippen LogP contribution is -1.98. The molecule has 0 nitrogen and oxygen atoms in total. The summed E-state index contributed by atoms with van der Waals surface area (Å²) >= 11 is 0. The molecule has 1 aromatic rings. The summed E-state index contributed by atoms with van der Waals surface area (Å²) in [5.41, 5.74) is 1.33. The van der Waals surface area contributed by atoms with Crippen molar-refractivity contribution in [2.24, 2.45) is 11.8 Å². The van der Waals surface area contributed by atoms with Gasteiger partial charge in [0.2, 0.25) is 0 Å².